The predicted octanol–water partition coefficient (Wildman–Crippen LogP) is 6.39. The fourth-order valence-electron chi connectivity index (χ4n) is 3.35. The summed E-state index contributed by atoms with van der Waals surface area (Å²) in [5.74, 6) is 0.735. The molecule has 0 unspecified atom stereocenters. The van der Waals surface area contributed by atoms with Crippen LogP contribution in [-0.2, 0) is 6.61 Å². The van der Waals surface area contributed by atoms with Crippen LogP contribution in [0.1, 0.15) is 16.7 Å². The third-order valence-corrected chi connectivity index (χ3v) is 4.97. The van der Waals surface area contributed by atoms with Crippen molar-refractivity contribution >= 4 is 28.1 Å². The van der Waals surface area contributed by atoms with Crippen LogP contribution in [-0.4, -0.2) is 4.92 Å². The number of allylic oxidation sites excluding steroid dienone is 1. The fraction of sp³-hybridized carbons (Fsp3) is 0.0385. The number of ether oxygens (including phenoxy) is 1. The van der Waals surface area contributed by atoms with Crippen molar-refractivity contribution in [2.75, 3.05) is 0 Å². The summed E-state index contributed by atoms with van der Waals surface area (Å²) in [6.07, 6.45) is 1.75. The van der Waals surface area contributed by atoms with Gasteiger partial charge >= 0.3 is 0 Å². The normalized spacial score (nSPS) is 11.1. The largest absolute Gasteiger partial charge is 0.489 e. The second kappa shape index (κ2) is 8.93. The quantitative estimate of drug-likeness (QED) is 0.161. The zero-order valence-electron chi connectivity index (χ0n) is 16.6. The van der Waals surface area contributed by atoms with Gasteiger partial charge < -0.3 is 4.74 Å². The summed E-state index contributed by atoms with van der Waals surface area (Å²) in [6.45, 7) is 0.461. The monoisotopic (exact) mass is 406 g/mol. The van der Waals surface area contributed by atoms with Gasteiger partial charge in [-0.3, -0.25) is 10.1 Å². The first-order chi connectivity index (χ1) is 15.1. The van der Waals surface area contributed by atoms with Gasteiger partial charge in [0.15, 0.2) is 0 Å². The number of fused-ring (bicyclic) bond motifs is 1. The zero-order chi connectivity index (χ0) is 21.6. The third-order valence-electron chi connectivity index (χ3n) is 4.97. The summed E-state index contributed by atoms with van der Waals surface area (Å²) in [7, 11) is 0. The van der Waals surface area contributed by atoms with Gasteiger partial charge in [0.05, 0.1) is 16.6 Å². The van der Waals surface area contributed by atoms with Crippen molar-refractivity contribution in [3.8, 4) is 11.8 Å². The minimum Gasteiger partial charge on any atom is -0.489 e. The molecule has 5 nitrogen and oxygen atoms in total. The van der Waals surface area contributed by atoms with Crippen molar-refractivity contribution in [2.24, 2.45) is 0 Å². The number of nitriles is 1. The molecular weight excluding hydrogens is 388 g/mol. The molecule has 0 aliphatic carbocycles. The van der Waals surface area contributed by atoms with E-state index in [1.807, 2.05) is 42.5 Å². The Labute approximate surface area is 179 Å². The molecule has 0 atom stereocenters. The van der Waals surface area contributed by atoms with Crippen molar-refractivity contribution in [3.63, 3.8) is 0 Å². The number of nitro groups is 1. The minimum absolute atomic E-state index is 0.00580. The Morgan fingerprint density at radius 2 is 1.65 bits per heavy atom. The first-order valence-electron chi connectivity index (χ1n) is 9.70. The zero-order valence-corrected chi connectivity index (χ0v) is 16.6. The molecule has 0 radical (unpaired) electrons. The van der Waals surface area contributed by atoms with Crippen molar-refractivity contribution in [1.82, 2.24) is 0 Å². The highest BCUT2D eigenvalue weighted by Crippen LogP contribution is 2.23. The summed E-state index contributed by atoms with van der Waals surface area (Å²) in [6, 6.07) is 29.9. The molecule has 0 bridgehead atoms. The standard InChI is InChI=1S/C26H18N2O3/c27-17-23(20-10-12-24(13-11-20)28(29)30)16-19-8-14-25(15-9-19)31-18-22-6-3-5-21-4-1-2-7-26(21)22/h1-16H,18H2/b23-16-. The van der Waals surface area contributed by atoms with Crippen molar-refractivity contribution in [2.45, 2.75) is 6.61 Å². The van der Waals surface area contributed by atoms with Crippen molar-refractivity contribution in [3.05, 3.63) is 118 Å². The first kappa shape index (κ1) is 19.9. The van der Waals surface area contributed by atoms with Gasteiger partial charge in [0, 0.05) is 12.1 Å². The summed E-state index contributed by atoms with van der Waals surface area (Å²) in [5, 5.41) is 22.6. The van der Waals surface area contributed by atoms with Gasteiger partial charge in [-0.1, -0.05) is 54.6 Å². The van der Waals surface area contributed by atoms with Gasteiger partial charge in [-0.25, -0.2) is 0 Å². The highest BCUT2D eigenvalue weighted by atomic mass is 16.6. The maximum Gasteiger partial charge on any atom is 0.269 e. The minimum atomic E-state index is -0.462. The van der Waals surface area contributed by atoms with Crippen molar-refractivity contribution < 1.29 is 9.66 Å². The summed E-state index contributed by atoms with van der Waals surface area (Å²) in [4.78, 5) is 10.3. The topological polar surface area (TPSA) is 76.2 Å². The summed E-state index contributed by atoms with van der Waals surface area (Å²) < 4.78 is 5.96. The number of nitrogens with zero attached hydrogens (tertiary/aromatic N) is 2. The Morgan fingerprint density at radius 1 is 0.935 bits per heavy atom. The SMILES string of the molecule is N#C/C(=C/c1ccc(OCc2cccc3ccccc23)cc1)c1ccc([N+](=O)[O-])cc1. The lowest BCUT2D eigenvalue weighted by molar-refractivity contribution is -0.384. The lowest BCUT2D eigenvalue weighted by atomic mass is 10.0. The number of hydrogen-bond acceptors (Lipinski definition) is 4. The second-order valence-corrected chi connectivity index (χ2v) is 6.97. The van der Waals surface area contributed by atoms with Crippen LogP contribution >= 0.6 is 0 Å². The van der Waals surface area contributed by atoms with Crippen LogP contribution in [0.25, 0.3) is 22.4 Å². The van der Waals surface area contributed by atoms with E-state index in [2.05, 4.69) is 30.3 Å². The molecule has 5 heteroatoms. The molecule has 0 aromatic heterocycles. The van der Waals surface area contributed by atoms with Gasteiger partial charge in [-0.05, 0) is 57.8 Å². The molecule has 0 aliphatic rings. The van der Waals surface area contributed by atoms with Crippen LogP contribution in [0.3, 0.4) is 0 Å². The predicted molar refractivity (Wildman–Crippen MR) is 121 cm³/mol. The molecule has 0 aliphatic heterocycles. The van der Waals surface area contributed by atoms with Crippen molar-refractivity contribution in [1.29, 1.82) is 5.26 Å². The third kappa shape index (κ3) is 4.60. The molecule has 0 heterocycles. The molecule has 0 amide bonds. The first-order valence-corrected chi connectivity index (χ1v) is 9.70. The molecule has 4 aromatic carbocycles. The van der Waals surface area contributed by atoms with Crippen LogP contribution in [0.2, 0.25) is 0 Å². The van der Waals surface area contributed by atoms with E-state index in [9.17, 15) is 15.4 Å². The summed E-state index contributed by atoms with van der Waals surface area (Å²) >= 11 is 0. The van der Waals surface area contributed by atoms with Crippen LogP contribution < -0.4 is 4.74 Å². The van der Waals surface area contributed by atoms with E-state index in [1.54, 1.807) is 18.2 Å². The molecule has 4 rings (SSSR count). The Morgan fingerprint density at radius 3 is 2.35 bits per heavy atom. The average molecular weight is 406 g/mol. The average Bonchev–Trinajstić information content (AvgIpc) is 2.82. The van der Waals surface area contributed by atoms with Gasteiger partial charge in [0.25, 0.3) is 5.69 Å². The van der Waals surface area contributed by atoms with E-state index in [0.29, 0.717) is 17.7 Å². The number of benzene rings is 4. The number of non-ortho nitro benzene ring substituents is 1. The molecule has 0 N–H and O–H groups in total. The van der Waals surface area contributed by atoms with Gasteiger partial charge in [-0.15, -0.1) is 0 Å². The Kier molecular flexibility index (Phi) is 5.72. The number of rotatable bonds is 6. The van der Waals surface area contributed by atoms with Gasteiger partial charge in [0.1, 0.15) is 12.4 Å². The molecule has 0 saturated heterocycles. The Hall–Kier alpha value is -4.43. The van der Waals surface area contributed by atoms with E-state index < -0.39 is 4.92 Å². The van der Waals surface area contributed by atoms with Crippen LogP contribution in [0, 0.1) is 21.4 Å². The maximum absolute atomic E-state index is 10.8. The van der Waals surface area contributed by atoms with E-state index >= 15 is 0 Å². The lowest BCUT2D eigenvalue weighted by Gasteiger charge is -2.09. The molecule has 0 saturated carbocycles. The Balaban J connectivity index is 1.48. The van der Waals surface area contributed by atoms with Crippen LogP contribution in [0.15, 0.2) is 91.0 Å². The van der Waals surface area contributed by atoms with Crippen LogP contribution in [0.5, 0.6) is 5.75 Å². The highest BCUT2D eigenvalue weighted by Gasteiger charge is 2.07. The molecular formula is C26H18N2O3. The van der Waals surface area contributed by atoms with Crippen LogP contribution in [0.4, 0.5) is 5.69 Å². The van der Waals surface area contributed by atoms with Gasteiger partial charge in [-0.2, -0.15) is 5.26 Å². The lowest BCUT2D eigenvalue weighted by Crippen LogP contribution is -1.96. The van der Waals surface area contributed by atoms with E-state index in [4.69, 9.17) is 4.74 Å². The molecule has 0 spiro atoms. The Bertz CT molecular complexity index is 1300. The highest BCUT2D eigenvalue weighted by molar-refractivity contribution is 5.89. The van der Waals surface area contributed by atoms with Gasteiger partial charge in [0.2, 0.25) is 0 Å². The molecule has 31 heavy (non-hydrogen) atoms. The molecule has 0 fully saturated rings. The number of hydrogen-bond donors (Lipinski definition) is 0. The molecule has 4 aromatic rings. The van der Waals surface area contributed by atoms with E-state index in [-0.39, 0.29) is 5.69 Å². The second-order valence-electron chi connectivity index (χ2n) is 6.97. The maximum atomic E-state index is 10.8. The smallest absolute Gasteiger partial charge is 0.269 e. The summed E-state index contributed by atoms with van der Waals surface area (Å²) in [5.41, 5.74) is 3.01. The molecule has 150 valence electrons. The van der Waals surface area contributed by atoms with E-state index in [0.717, 1.165) is 16.9 Å². The number of nitro benzene ring substituents is 1. The fourth-order valence-corrected chi connectivity index (χ4v) is 3.35. The van der Waals surface area contributed by atoms with E-state index in [1.165, 1.54) is 22.9 Å².